The molecule has 0 unspecified atom stereocenters. The van der Waals surface area contributed by atoms with Gasteiger partial charge in [-0.25, -0.2) is 0 Å². The van der Waals surface area contributed by atoms with Crippen molar-refractivity contribution in [1.82, 2.24) is 4.90 Å². The van der Waals surface area contributed by atoms with Crippen LogP contribution in [0.3, 0.4) is 0 Å². The van der Waals surface area contributed by atoms with Crippen molar-refractivity contribution in [2.45, 2.75) is 32.6 Å². The maximum Gasteiger partial charge on any atom is 0.0955 e. The minimum atomic E-state index is 0.682. The van der Waals surface area contributed by atoms with E-state index in [4.69, 9.17) is 5.41 Å². The van der Waals surface area contributed by atoms with Crippen molar-refractivity contribution >= 4 is 5.84 Å². The number of hydrogen-bond donors (Lipinski definition) is 1. The van der Waals surface area contributed by atoms with Crippen LogP contribution in [0.15, 0.2) is 0 Å². The maximum absolute atomic E-state index is 7.66. The first-order valence-corrected chi connectivity index (χ1v) is 4.58. The van der Waals surface area contributed by atoms with E-state index in [-0.39, 0.29) is 0 Å². The van der Waals surface area contributed by atoms with Gasteiger partial charge in [0.2, 0.25) is 0 Å². The molecule has 2 aliphatic rings. The lowest BCUT2D eigenvalue weighted by atomic mass is 10.1. The Morgan fingerprint density at radius 2 is 2.18 bits per heavy atom. The van der Waals surface area contributed by atoms with Crippen LogP contribution in [0.5, 0.6) is 0 Å². The summed E-state index contributed by atoms with van der Waals surface area (Å²) in [5, 5.41) is 7.66. The maximum atomic E-state index is 7.66. The largest absolute Gasteiger partial charge is 0.360 e. The zero-order chi connectivity index (χ0) is 7.90. The number of likely N-dealkylation sites (tertiary alicyclic amines) is 1. The van der Waals surface area contributed by atoms with Crippen LogP contribution in [0.25, 0.3) is 0 Å². The predicted molar refractivity (Wildman–Crippen MR) is 45.9 cm³/mol. The molecule has 1 aliphatic carbocycles. The summed E-state index contributed by atoms with van der Waals surface area (Å²) < 4.78 is 0. The summed E-state index contributed by atoms with van der Waals surface area (Å²) >= 11 is 0. The van der Waals surface area contributed by atoms with Gasteiger partial charge in [0.05, 0.1) is 5.84 Å². The van der Waals surface area contributed by atoms with Crippen LogP contribution in [0.1, 0.15) is 32.6 Å². The molecule has 2 rings (SSSR count). The van der Waals surface area contributed by atoms with E-state index >= 15 is 0 Å². The standard InChI is InChI=1S/C9H16N2/c1-2-8(10)11-6-5-9(7-11)3-4-9/h10H,2-7H2,1H3. The first kappa shape index (κ1) is 7.14. The summed E-state index contributed by atoms with van der Waals surface area (Å²) in [5.74, 6) is 0.841. The van der Waals surface area contributed by atoms with E-state index in [0.717, 1.165) is 18.8 Å². The molecular formula is C9H16N2. The van der Waals surface area contributed by atoms with Crippen molar-refractivity contribution in [3.05, 3.63) is 0 Å². The molecular weight excluding hydrogens is 136 g/mol. The summed E-state index contributed by atoms with van der Waals surface area (Å²) in [6.45, 7) is 4.40. The van der Waals surface area contributed by atoms with Gasteiger partial charge in [-0.3, -0.25) is 5.41 Å². The third-order valence-corrected chi connectivity index (χ3v) is 3.11. The molecule has 1 aliphatic heterocycles. The molecule has 62 valence electrons. The molecule has 0 amide bonds. The molecule has 2 nitrogen and oxygen atoms in total. The Bertz CT molecular complexity index is 182. The van der Waals surface area contributed by atoms with E-state index in [0.29, 0.717) is 5.41 Å². The highest BCUT2D eigenvalue weighted by atomic mass is 15.2. The van der Waals surface area contributed by atoms with Crippen LogP contribution in [0, 0.1) is 10.8 Å². The number of amidine groups is 1. The summed E-state index contributed by atoms with van der Waals surface area (Å²) in [7, 11) is 0. The van der Waals surface area contributed by atoms with Crippen molar-refractivity contribution in [3.8, 4) is 0 Å². The second-order valence-electron chi connectivity index (χ2n) is 3.97. The Hall–Kier alpha value is -0.530. The Kier molecular flexibility index (Phi) is 1.44. The van der Waals surface area contributed by atoms with Crippen LogP contribution in [-0.2, 0) is 0 Å². The molecule has 1 N–H and O–H groups in total. The van der Waals surface area contributed by atoms with Crippen molar-refractivity contribution in [2.24, 2.45) is 5.41 Å². The average Bonchev–Trinajstić information content (AvgIpc) is 2.61. The van der Waals surface area contributed by atoms with Gasteiger partial charge in [0.25, 0.3) is 0 Å². The quantitative estimate of drug-likeness (QED) is 0.450. The average molecular weight is 152 g/mol. The predicted octanol–water partition coefficient (Wildman–Crippen LogP) is 1.86. The number of hydrogen-bond acceptors (Lipinski definition) is 1. The van der Waals surface area contributed by atoms with Crippen molar-refractivity contribution in [3.63, 3.8) is 0 Å². The Labute approximate surface area is 68.1 Å². The lowest BCUT2D eigenvalue weighted by Crippen LogP contribution is -2.27. The topological polar surface area (TPSA) is 27.1 Å². The highest BCUT2D eigenvalue weighted by Gasteiger charge is 2.47. The van der Waals surface area contributed by atoms with Crippen molar-refractivity contribution in [1.29, 1.82) is 5.41 Å². The Balaban J connectivity index is 1.94. The SMILES string of the molecule is CCC(=N)N1CCC2(CC2)C1. The smallest absolute Gasteiger partial charge is 0.0955 e. The third kappa shape index (κ3) is 1.15. The Morgan fingerprint density at radius 3 is 2.64 bits per heavy atom. The second kappa shape index (κ2) is 2.23. The highest BCUT2D eigenvalue weighted by molar-refractivity contribution is 5.79. The molecule has 11 heavy (non-hydrogen) atoms. The normalized spacial score (nSPS) is 26.1. The zero-order valence-corrected chi connectivity index (χ0v) is 7.19. The number of rotatable bonds is 1. The molecule has 0 bridgehead atoms. The van der Waals surface area contributed by atoms with E-state index in [1.807, 2.05) is 0 Å². The van der Waals surface area contributed by atoms with Crippen LogP contribution in [0.2, 0.25) is 0 Å². The first-order chi connectivity index (χ1) is 5.26. The van der Waals surface area contributed by atoms with Crippen LogP contribution < -0.4 is 0 Å². The Morgan fingerprint density at radius 1 is 1.45 bits per heavy atom. The van der Waals surface area contributed by atoms with Gasteiger partial charge in [0.1, 0.15) is 0 Å². The molecule has 0 aromatic heterocycles. The van der Waals surface area contributed by atoms with E-state index in [9.17, 15) is 0 Å². The van der Waals surface area contributed by atoms with E-state index in [1.54, 1.807) is 0 Å². The molecule has 2 fully saturated rings. The molecule has 1 saturated carbocycles. The number of nitrogens with zero attached hydrogens (tertiary/aromatic N) is 1. The van der Waals surface area contributed by atoms with Crippen molar-refractivity contribution in [2.75, 3.05) is 13.1 Å². The molecule has 2 heteroatoms. The van der Waals surface area contributed by atoms with E-state index in [2.05, 4.69) is 11.8 Å². The fourth-order valence-electron chi connectivity index (χ4n) is 1.97. The molecule has 1 saturated heterocycles. The molecule has 0 aromatic rings. The summed E-state index contributed by atoms with van der Waals surface area (Å²) in [6, 6.07) is 0. The van der Waals surface area contributed by atoms with Gasteiger partial charge in [-0.1, -0.05) is 6.92 Å². The summed E-state index contributed by atoms with van der Waals surface area (Å²) in [4.78, 5) is 2.26. The summed E-state index contributed by atoms with van der Waals surface area (Å²) in [6.07, 6.45) is 5.08. The fourth-order valence-corrected chi connectivity index (χ4v) is 1.97. The lowest BCUT2D eigenvalue weighted by molar-refractivity contribution is 0.460. The monoisotopic (exact) mass is 152 g/mol. The van der Waals surface area contributed by atoms with Gasteiger partial charge in [0.15, 0.2) is 0 Å². The highest BCUT2D eigenvalue weighted by Crippen LogP contribution is 2.52. The van der Waals surface area contributed by atoms with Gasteiger partial charge >= 0.3 is 0 Å². The molecule has 0 radical (unpaired) electrons. The molecule has 0 aromatic carbocycles. The van der Waals surface area contributed by atoms with Gasteiger partial charge in [0, 0.05) is 19.5 Å². The van der Waals surface area contributed by atoms with Crippen LogP contribution in [-0.4, -0.2) is 23.8 Å². The van der Waals surface area contributed by atoms with Gasteiger partial charge < -0.3 is 4.90 Å². The van der Waals surface area contributed by atoms with Crippen LogP contribution >= 0.6 is 0 Å². The third-order valence-electron chi connectivity index (χ3n) is 3.11. The van der Waals surface area contributed by atoms with Gasteiger partial charge in [-0.15, -0.1) is 0 Å². The van der Waals surface area contributed by atoms with Crippen molar-refractivity contribution < 1.29 is 0 Å². The first-order valence-electron chi connectivity index (χ1n) is 4.58. The minimum absolute atomic E-state index is 0.682. The van der Waals surface area contributed by atoms with Gasteiger partial charge in [-0.2, -0.15) is 0 Å². The van der Waals surface area contributed by atoms with E-state index in [1.165, 1.54) is 25.8 Å². The molecule has 0 atom stereocenters. The minimum Gasteiger partial charge on any atom is -0.360 e. The fraction of sp³-hybridized carbons (Fsp3) is 0.889. The zero-order valence-electron chi connectivity index (χ0n) is 7.19. The molecule has 1 heterocycles. The summed E-state index contributed by atoms with van der Waals surface area (Å²) in [5.41, 5.74) is 0.682. The lowest BCUT2D eigenvalue weighted by Gasteiger charge is -2.17. The van der Waals surface area contributed by atoms with Crippen LogP contribution in [0.4, 0.5) is 0 Å². The second-order valence-corrected chi connectivity index (χ2v) is 3.97. The van der Waals surface area contributed by atoms with E-state index < -0.39 is 0 Å². The van der Waals surface area contributed by atoms with Gasteiger partial charge in [-0.05, 0) is 24.7 Å². The number of nitrogens with one attached hydrogen (secondary N) is 1. The molecule has 1 spiro atoms.